The summed E-state index contributed by atoms with van der Waals surface area (Å²) in [5.41, 5.74) is 5.46. The van der Waals surface area contributed by atoms with Crippen LogP contribution in [-0.2, 0) is 16.0 Å². The molecule has 166 valence electrons. The first-order valence-corrected chi connectivity index (χ1v) is 12.0. The van der Waals surface area contributed by atoms with Gasteiger partial charge in [-0.1, -0.05) is 54.6 Å². The highest BCUT2D eigenvalue weighted by Gasteiger charge is 2.28. The number of benzene rings is 2. The van der Waals surface area contributed by atoms with Gasteiger partial charge in [0, 0.05) is 10.9 Å². The zero-order valence-corrected chi connectivity index (χ0v) is 19.4. The van der Waals surface area contributed by atoms with Crippen LogP contribution in [-0.4, -0.2) is 25.0 Å². The molecule has 1 aliphatic carbocycles. The van der Waals surface area contributed by atoms with Gasteiger partial charge in [-0.15, -0.1) is 11.3 Å². The molecule has 0 aliphatic heterocycles. The van der Waals surface area contributed by atoms with Crippen LogP contribution < -0.4 is 5.32 Å². The first-order valence-electron chi connectivity index (χ1n) is 11.1. The number of rotatable bonds is 6. The number of aryl methyl sites for hydroxylation is 1. The van der Waals surface area contributed by atoms with Crippen LogP contribution in [0.4, 0.5) is 0 Å². The first kappa shape index (κ1) is 22.3. The van der Waals surface area contributed by atoms with Crippen molar-refractivity contribution in [2.75, 3.05) is 7.11 Å². The second-order valence-electron chi connectivity index (χ2n) is 8.48. The fourth-order valence-electron chi connectivity index (χ4n) is 4.50. The second kappa shape index (κ2) is 10.1. The summed E-state index contributed by atoms with van der Waals surface area (Å²) < 4.78 is 4.86. The molecule has 1 aliphatic rings. The lowest BCUT2D eigenvalue weighted by Gasteiger charge is -2.27. The molecule has 2 aromatic carbocycles. The van der Waals surface area contributed by atoms with E-state index in [9.17, 15) is 9.59 Å². The lowest BCUT2D eigenvalue weighted by molar-refractivity contribution is -0.146. The van der Waals surface area contributed by atoms with Gasteiger partial charge < -0.3 is 10.1 Å². The van der Waals surface area contributed by atoms with Crippen LogP contribution in [0.25, 0.3) is 11.1 Å². The molecule has 1 amide bonds. The minimum atomic E-state index is -0.135. The van der Waals surface area contributed by atoms with E-state index < -0.39 is 0 Å². The van der Waals surface area contributed by atoms with Crippen molar-refractivity contribution in [1.82, 2.24) is 5.32 Å². The smallest absolute Gasteiger partial charge is 0.308 e. The molecule has 1 aromatic heterocycles. The Morgan fingerprint density at radius 3 is 2.28 bits per heavy atom. The van der Waals surface area contributed by atoms with Gasteiger partial charge in [0.25, 0.3) is 5.91 Å². The molecule has 0 spiro atoms. The third kappa shape index (κ3) is 5.10. The van der Waals surface area contributed by atoms with E-state index in [4.69, 9.17) is 4.74 Å². The van der Waals surface area contributed by atoms with Crippen LogP contribution in [0.1, 0.15) is 52.0 Å². The lowest BCUT2D eigenvalue weighted by atomic mass is 9.86. The van der Waals surface area contributed by atoms with Gasteiger partial charge in [0.2, 0.25) is 0 Å². The number of carbonyl (C=O) groups is 2. The van der Waals surface area contributed by atoms with Crippen molar-refractivity contribution < 1.29 is 14.3 Å². The summed E-state index contributed by atoms with van der Waals surface area (Å²) in [6, 6.07) is 19.0. The third-order valence-corrected chi connectivity index (χ3v) is 7.29. The van der Waals surface area contributed by atoms with Crippen molar-refractivity contribution in [2.45, 2.75) is 45.1 Å². The van der Waals surface area contributed by atoms with Crippen molar-refractivity contribution in [3.63, 3.8) is 0 Å². The molecule has 3 aromatic rings. The quantitative estimate of drug-likeness (QED) is 0.488. The van der Waals surface area contributed by atoms with Crippen molar-refractivity contribution >= 4 is 23.2 Å². The fourth-order valence-corrected chi connectivity index (χ4v) is 5.36. The van der Waals surface area contributed by atoms with Crippen LogP contribution >= 0.6 is 11.3 Å². The number of nitrogens with one attached hydrogen (secondary N) is 1. The molecule has 0 radical (unpaired) electrons. The summed E-state index contributed by atoms with van der Waals surface area (Å²) in [5, 5.41) is 5.31. The lowest BCUT2D eigenvalue weighted by Crippen LogP contribution is -2.39. The van der Waals surface area contributed by atoms with Gasteiger partial charge in [-0.3, -0.25) is 9.59 Å². The van der Waals surface area contributed by atoms with Gasteiger partial charge in [0.1, 0.15) is 0 Å². The van der Waals surface area contributed by atoms with Gasteiger partial charge in [0.15, 0.2) is 0 Å². The minimum Gasteiger partial charge on any atom is -0.469 e. The highest BCUT2D eigenvalue weighted by atomic mass is 32.1. The van der Waals surface area contributed by atoms with Crippen molar-refractivity contribution in [3.05, 3.63) is 81.5 Å². The zero-order chi connectivity index (χ0) is 22.5. The number of methoxy groups -OCH3 is 1. The van der Waals surface area contributed by atoms with Gasteiger partial charge in [-0.25, -0.2) is 0 Å². The fraction of sp³-hybridized carbons (Fsp3) is 0.333. The summed E-state index contributed by atoms with van der Waals surface area (Å²) in [4.78, 5) is 25.9. The van der Waals surface area contributed by atoms with Gasteiger partial charge >= 0.3 is 5.97 Å². The summed E-state index contributed by atoms with van der Waals surface area (Å²) in [6.45, 7) is 2.01. The minimum absolute atomic E-state index is 0.00109. The Bertz CT molecular complexity index is 1060. The van der Waals surface area contributed by atoms with Gasteiger partial charge in [-0.05, 0) is 66.7 Å². The highest BCUT2D eigenvalue weighted by Crippen LogP contribution is 2.28. The van der Waals surface area contributed by atoms with Crippen molar-refractivity contribution in [1.29, 1.82) is 0 Å². The molecule has 1 N–H and O–H groups in total. The maximum absolute atomic E-state index is 13.1. The van der Waals surface area contributed by atoms with E-state index in [1.807, 2.05) is 25.1 Å². The number of carbonyl (C=O) groups excluding carboxylic acids is 2. The number of ether oxygens (including phenoxy) is 1. The van der Waals surface area contributed by atoms with E-state index in [0.29, 0.717) is 0 Å². The van der Waals surface area contributed by atoms with E-state index in [2.05, 4.69) is 47.1 Å². The highest BCUT2D eigenvalue weighted by molar-refractivity contribution is 7.10. The molecule has 5 heteroatoms. The Morgan fingerprint density at radius 2 is 1.62 bits per heavy atom. The monoisotopic (exact) mass is 447 g/mol. The van der Waals surface area contributed by atoms with Crippen LogP contribution in [0, 0.1) is 12.8 Å². The second-order valence-corrected chi connectivity index (χ2v) is 9.56. The Balaban J connectivity index is 1.41. The Morgan fingerprint density at radius 1 is 0.969 bits per heavy atom. The number of hydrogen-bond acceptors (Lipinski definition) is 4. The van der Waals surface area contributed by atoms with Gasteiger partial charge in [-0.2, -0.15) is 0 Å². The molecule has 0 bridgehead atoms. The molecule has 1 fully saturated rings. The van der Waals surface area contributed by atoms with Crippen LogP contribution in [0.15, 0.2) is 60.0 Å². The van der Waals surface area contributed by atoms with E-state index in [1.54, 1.807) is 11.3 Å². The average Bonchev–Trinajstić information content (AvgIpc) is 3.20. The normalized spacial score (nSPS) is 18.2. The zero-order valence-electron chi connectivity index (χ0n) is 18.6. The maximum Gasteiger partial charge on any atom is 0.308 e. The molecule has 32 heavy (non-hydrogen) atoms. The molecular formula is C27H29NO3S. The topological polar surface area (TPSA) is 55.4 Å². The number of hydrogen-bond donors (Lipinski definition) is 1. The van der Waals surface area contributed by atoms with Crippen LogP contribution in [0.2, 0.25) is 0 Å². The van der Waals surface area contributed by atoms with E-state index in [0.717, 1.165) is 48.1 Å². The summed E-state index contributed by atoms with van der Waals surface area (Å²) in [6.07, 6.45) is 3.88. The summed E-state index contributed by atoms with van der Waals surface area (Å²) >= 11 is 1.63. The van der Waals surface area contributed by atoms with Crippen molar-refractivity contribution in [2.24, 2.45) is 5.92 Å². The van der Waals surface area contributed by atoms with E-state index in [-0.39, 0.29) is 23.8 Å². The predicted octanol–water partition coefficient (Wildman–Crippen LogP) is 5.78. The standard InChI is InChI=1S/C27H29NO3S/c1-18-25(26(29)28-24-14-12-22(13-15-24)27(30)31-2)23(17-32-18)16-19-8-10-21(11-9-19)20-6-4-3-5-7-20/h3-11,17,22,24H,12-16H2,1-2H3,(H,28,29). The van der Waals surface area contributed by atoms with Crippen LogP contribution in [0.3, 0.4) is 0 Å². The number of amides is 1. The number of esters is 1. The average molecular weight is 448 g/mol. The molecule has 4 rings (SSSR count). The third-order valence-electron chi connectivity index (χ3n) is 6.33. The Kier molecular flexibility index (Phi) is 7.05. The molecule has 4 nitrogen and oxygen atoms in total. The molecule has 0 saturated heterocycles. The molecule has 0 unspecified atom stereocenters. The maximum atomic E-state index is 13.1. The number of thiophene rings is 1. The first-order chi connectivity index (χ1) is 15.5. The van der Waals surface area contributed by atoms with E-state index in [1.165, 1.54) is 23.8 Å². The van der Waals surface area contributed by atoms with Gasteiger partial charge in [0.05, 0.1) is 18.6 Å². The Labute approximate surface area is 193 Å². The molecule has 0 atom stereocenters. The van der Waals surface area contributed by atoms with Crippen LogP contribution in [0.5, 0.6) is 0 Å². The molecular weight excluding hydrogens is 418 g/mol. The summed E-state index contributed by atoms with van der Waals surface area (Å²) in [5.74, 6) is -0.171. The van der Waals surface area contributed by atoms with E-state index >= 15 is 0 Å². The molecule has 1 saturated carbocycles. The largest absolute Gasteiger partial charge is 0.469 e. The van der Waals surface area contributed by atoms with Crippen molar-refractivity contribution in [3.8, 4) is 11.1 Å². The SMILES string of the molecule is COC(=O)C1CCC(NC(=O)c2c(Cc3ccc(-c4ccccc4)cc3)csc2C)CC1. The Hall–Kier alpha value is -2.92. The molecule has 1 heterocycles. The predicted molar refractivity (Wildman–Crippen MR) is 129 cm³/mol. The summed E-state index contributed by atoms with van der Waals surface area (Å²) in [7, 11) is 1.44.